The number of nitrogens with two attached hydrogens (primary N) is 1. The minimum Gasteiger partial charge on any atom is -0.338 e. The summed E-state index contributed by atoms with van der Waals surface area (Å²) in [5, 5.41) is 0. The maximum absolute atomic E-state index is 13.0. The Morgan fingerprint density at radius 1 is 1.09 bits per heavy atom. The minimum atomic E-state index is 0.152. The number of benzene rings is 1. The van der Waals surface area contributed by atoms with Gasteiger partial charge in [0.2, 0.25) is 5.91 Å². The maximum atomic E-state index is 13.0. The van der Waals surface area contributed by atoms with Gasteiger partial charge in [-0.05, 0) is 44.2 Å². The topological polar surface area (TPSA) is 49.6 Å². The Balaban J connectivity index is 1.60. The standard InChI is InChI=1S/C19H29N3O/c20-13-18-10-4-5-12-22(18)19(23)17-9-6-11-21(15-17)14-16-7-2-1-3-8-16/h1-3,7-8,17-18H,4-6,9-15,20H2. The highest BCUT2D eigenvalue weighted by atomic mass is 16.2. The van der Waals surface area contributed by atoms with E-state index in [1.54, 1.807) is 0 Å². The summed E-state index contributed by atoms with van der Waals surface area (Å²) in [6.45, 7) is 4.44. The van der Waals surface area contributed by atoms with Crippen molar-refractivity contribution in [1.82, 2.24) is 9.80 Å². The molecule has 1 amide bonds. The van der Waals surface area contributed by atoms with Crippen LogP contribution in [-0.2, 0) is 11.3 Å². The van der Waals surface area contributed by atoms with E-state index >= 15 is 0 Å². The van der Waals surface area contributed by atoms with Crippen molar-refractivity contribution < 1.29 is 4.79 Å². The number of carbonyl (C=O) groups excluding carboxylic acids is 1. The van der Waals surface area contributed by atoms with Crippen LogP contribution in [-0.4, -0.2) is 47.9 Å². The molecule has 0 bridgehead atoms. The molecule has 2 aliphatic rings. The van der Waals surface area contributed by atoms with E-state index in [0.717, 1.165) is 51.9 Å². The number of hydrogen-bond acceptors (Lipinski definition) is 3. The zero-order valence-corrected chi connectivity index (χ0v) is 14.0. The Morgan fingerprint density at radius 2 is 1.91 bits per heavy atom. The van der Waals surface area contributed by atoms with Crippen LogP contribution in [0.4, 0.5) is 0 Å². The quantitative estimate of drug-likeness (QED) is 0.927. The van der Waals surface area contributed by atoms with Gasteiger partial charge >= 0.3 is 0 Å². The molecule has 2 fully saturated rings. The minimum absolute atomic E-state index is 0.152. The Hall–Kier alpha value is -1.39. The van der Waals surface area contributed by atoms with Gasteiger partial charge in [0.1, 0.15) is 0 Å². The number of likely N-dealkylation sites (tertiary alicyclic amines) is 2. The third-order valence-corrected chi connectivity index (χ3v) is 5.29. The summed E-state index contributed by atoms with van der Waals surface area (Å²) < 4.78 is 0. The van der Waals surface area contributed by atoms with Crippen LogP contribution in [0.15, 0.2) is 30.3 Å². The second-order valence-electron chi connectivity index (χ2n) is 6.98. The summed E-state index contributed by atoms with van der Waals surface area (Å²) >= 11 is 0. The molecule has 0 radical (unpaired) electrons. The predicted octanol–water partition coefficient (Wildman–Crippen LogP) is 2.24. The van der Waals surface area contributed by atoms with Crippen LogP contribution >= 0.6 is 0 Å². The third-order valence-electron chi connectivity index (χ3n) is 5.29. The van der Waals surface area contributed by atoms with Crippen molar-refractivity contribution in [1.29, 1.82) is 0 Å². The molecule has 0 aromatic heterocycles. The van der Waals surface area contributed by atoms with Gasteiger partial charge in [-0.15, -0.1) is 0 Å². The number of nitrogens with zero attached hydrogens (tertiary/aromatic N) is 2. The van der Waals surface area contributed by atoms with Crippen molar-refractivity contribution in [3.63, 3.8) is 0 Å². The highest BCUT2D eigenvalue weighted by molar-refractivity contribution is 5.79. The number of rotatable bonds is 4. The van der Waals surface area contributed by atoms with E-state index in [4.69, 9.17) is 5.73 Å². The van der Waals surface area contributed by atoms with Gasteiger partial charge in [0.15, 0.2) is 0 Å². The zero-order chi connectivity index (χ0) is 16.1. The fraction of sp³-hybridized carbons (Fsp3) is 0.632. The highest BCUT2D eigenvalue weighted by Gasteiger charge is 2.33. The Kier molecular flexibility index (Phi) is 5.68. The smallest absolute Gasteiger partial charge is 0.227 e. The lowest BCUT2D eigenvalue weighted by Gasteiger charge is -2.40. The first-order valence-corrected chi connectivity index (χ1v) is 9.04. The maximum Gasteiger partial charge on any atom is 0.227 e. The van der Waals surface area contributed by atoms with E-state index in [2.05, 4.69) is 40.1 Å². The molecule has 4 nitrogen and oxygen atoms in total. The molecule has 2 N–H and O–H groups in total. The molecule has 0 aliphatic carbocycles. The van der Waals surface area contributed by atoms with Crippen molar-refractivity contribution in [2.24, 2.45) is 11.7 Å². The van der Waals surface area contributed by atoms with Crippen LogP contribution in [0, 0.1) is 5.92 Å². The molecule has 3 rings (SSSR count). The first-order valence-electron chi connectivity index (χ1n) is 9.04. The normalized spacial score (nSPS) is 26.2. The molecule has 0 saturated carbocycles. The fourth-order valence-corrected chi connectivity index (χ4v) is 4.01. The van der Waals surface area contributed by atoms with Crippen LogP contribution in [0.5, 0.6) is 0 Å². The third kappa shape index (κ3) is 4.12. The van der Waals surface area contributed by atoms with Gasteiger partial charge in [-0.2, -0.15) is 0 Å². The summed E-state index contributed by atoms with van der Waals surface area (Å²) in [6.07, 6.45) is 5.55. The van der Waals surface area contributed by atoms with E-state index in [9.17, 15) is 4.79 Å². The first kappa shape index (κ1) is 16.5. The lowest BCUT2D eigenvalue weighted by Crippen LogP contribution is -2.52. The number of carbonyl (C=O) groups is 1. The van der Waals surface area contributed by atoms with Crippen LogP contribution in [0.2, 0.25) is 0 Å². The molecule has 2 heterocycles. The Labute approximate surface area is 139 Å². The summed E-state index contributed by atoms with van der Waals surface area (Å²) in [5.74, 6) is 0.498. The summed E-state index contributed by atoms with van der Waals surface area (Å²) in [7, 11) is 0. The molecule has 1 aromatic carbocycles. The van der Waals surface area contributed by atoms with E-state index < -0.39 is 0 Å². The summed E-state index contributed by atoms with van der Waals surface area (Å²) in [5.41, 5.74) is 7.22. The van der Waals surface area contributed by atoms with Crippen molar-refractivity contribution in [3.8, 4) is 0 Å². The molecule has 2 atom stereocenters. The lowest BCUT2D eigenvalue weighted by molar-refractivity contribution is -0.141. The molecule has 2 saturated heterocycles. The lowest BCUT2D eigenvalue weighted by atomic mass is 9.93. The van der Waals surface area contributed by atoms with Crippen LogP contribution in [0.25, 0.3) is 0 Å². The van der Waals surface area contributed by atoms with E-state index in [0.29, 0.717) is 12.5 Å². The predicted molar refractivity (Wildman–Crippen MR) is 92.8 cm³/mol. The second-order valence-corrected chi connectivity index (χ2v) is 6.98. The zero-order valence-electron chi connectivity index (χ0n) is 14.0. The molecule has 1 aromatic rings. The molecule has 2 unspecified atom stereocenters. The van der Waals surface area contributed by atoms with Crippen LogP contribution < -0.4 is 5.73 Å². The molecule has 126 valence electrons. The van der Waals surface area contributed by atoms with Gasteiger partial charge < -0.3 is 10.6 Å². The fourth-order valence-electron chi connectivity index (χ4n) is 4.01. The molecule has 23 heavy (non-hydrogen) atoms. The Morgan fingerprint density at radius 3 is 2.70 bits per heavy atom. The summed E-state index contributed by atoms with van der Waals surface area (Å²) in [4.78, 5) is 17.5. The molecule has 4 heteroatoms. The SMILES string of the molecule is NCC1CCCCN1C(=O)C1CCCN(Cc2ccccc2)C1. The number of amides is 1. The van der Waals surface area contributed by atoms with Gasteiger partial charge in [-0.1, -0.05) is 30.3 Å². The van der Waals surface area contributed by atoms with Crippen LogP contribution in [0.3, 0.4) is 0 Å². The average Bonchev–Trinajstić information content (AvgIpc) is 2.62. The van der Waals surface area contributed by atoms with E-state index in [1.807, 2.05) is 0 Å². The van der Waals surface area contributed by atoms with Crippen molar-refractivity contribution in [3.05, 3.63) is 35.9 Å². The second kappa shape index (κ2) is 7.93. The monoisotopic (exact) mass is 315 g/mol. The highest BCUT2D eigenvalue weighted by Crippen LogP contribution is 2.24. The van der Waals surface area contributed by atoms with Crippen molar-refractivity contribution in [2.45, 2.75) is 44.7 Å². The molecule has 0 spiro atoms. The van der Waals surface area contributed by atoms with Gasteiger partial charge in [-0.25, -0.2) is 0 Å². The van der Waals surface area contributed by atoms with Crippen molar-refractivity contribution in [2.75, 3.05) is 26.2 Å². The van der Waals surface area contributed by atoms with E-state index in [-0.39, 0.29) is 12.0 Å². The number of hydrogen-bond donors (Lipinski definition) is 1. The van der Waals surface area contributed by atoms with E-state index in [1.165, 1.54) is 12.0 Å². The van der Waals surface area contributed by atoms with Gasteiger partial charge in [0.05, 0.1) is 5.92 Å². The molecular weight excluding hydrogens is 286 g/mol. The van der Waals surface area contributed by atoms with Crippen LogP contribution in [0.1, 0.15) is 37.7 Å². The number of piperidine rings is 2. The largest absolute Gasteiger partial charge is 0.338 e. The summed E-state index contributed by atoms with van der Waals surface area (Å²) in [6, 6.07) is 10.8. The van der Waals surface area contributed by atoms with Gasteiger partial charge in [-0.3, -0.25) is 9.69 Å². The molecule has 2 aliphatic heterocycles. The van der Waals surface area contributed by atoms with Gasteiger partial charge in [0.25, 0.3) is 0 Å². The van der Waals surface area contributed by atoms with Gasteiger partial charge in [0, 0.05) is 32.2 Å². The average molecular weight is 315 g/mol. The van der Waals surface area contributed by atoms with Crippen molar-refractivity contribution >= 4 is 5.91 Å². The molecular formula is C19H29N3O. The Bertz CT molecular complexity index is 505. The first-order chi connectivity index (χ1) is 11.3.